The molecule has 0 bridgehead atoms. The summed E-state index contributed by atoms with van der Waals surface area (Å²) in [4.78, 5) is 11.3. The highest BCUT2D eigenvalue weighted by molar-refractivity contribution is 14.1. The third kappa shape index (κ3) is 4.48. The van der Waals surface area contributed by atoms with Gasteiger partial charge in [-0.2, -0.15) is 0 Å². The fourth-order valence-electron chi connectivity index (χ4n) is 0.972. The average Bonchev–Trinajstić information content (AvgIpc) is 2.19. The van der Waals surface area contributed by atoms with E-state index in [1.54, 1.807) is 0 Å². The van der Waals surface area contributed by atoms with Crippen molar-refractivity contribution >= 4 is 50.1 Å². The number of carbonyl (C=O) groups excluding carboxylic acids is 1. The van der Waals surface area contributed by atoms with Gasteiger partial charge in [0.2, 0.25) is 5.91 Å². The Labute approximate surface area is 111 Å². The first-order valence-corrected chi connectivity index (χ1v) is 6.33. The van der Waals surface area contributed by atoms with Gasteiger partial charge in [0, 0.05) is 14.6 Å². The third-order valence-corrected chi connectivity index (χ3v) is 2.97. The predicted molar refractivity (Wildman–Crippen MR) is 72.0 cm³/mol. The molecule has 0 fully saturated rings. The maximum Gasteiger partial charge on any atom is 0.250 e. The van der Waals surface area contributed by atoms with Crippen LogP contribution in [0, 0.1) is 3.57 Å². The first-order valence-electron chi connectivity index (χ1n) is 4.46. The zero-order valence-corrected chi connectivity index (χ0v) is 12.0. The van der Waals surface area contributed by atoms with Gasteiger partial charge in [-0.15, -0.1) is 0 Å². The van der Waals surface area contributed by atoms with Crippen LogP contribution in [-0.4, -0.2) is 19.1 Å². The van der Waals surface area contributed by atoms with E-state index in [4.69, 9.17) is 4.74 Å². The Morgan fingerprint density at radius 3 is 2.93 bits per heavy atom. The second kappa shape index (κ2) is 6.44. The SMILES string of the molecule is CCOCC(=O)Nc1ccc(I)cc1Br. The minimum Gasteiger partial charge on any atom is -0.372 e. The molecule has 1 rings (SSSR count). The quantitative estimate of drug-likeness (QED) is 0.811. The van der Waals surface area contributed by atoms with Gasteiger partial charge >= 0.3 is 0 Å². The molecule has 1 N–H and O–H groups in total. The molecule has 15 heavy (non-hydrogen) atoms. The Morgan fingerprint density at radius 2 is 2.33 bits per heavy atom. The highest BCUT2D eigenvalue weighted by atomic mass is 127. The highest BCUT2D eigenvalue weighted by Gasteiger charge is 2.05. The van der Waals surface area contributed by atoms with Gasteiger partial charge in [-0.05, 0) is 63.6 Å². The van der Waals surface area contributed by atoms with Crippen LogP contribution in [0.5, 0.6) is 0 Å². The fraction of sp³-hybridized carbons (Fsp3) is 0.300. The van der Waals surface area contributed by atoms with Gasteiger partial charge in [-0.3, -0.25) is 4.79 Å². The van der Waals surface area contributed by atoms with Crippen molar-refractivity contribution in [2.45, 2.75) is 6.92 Å². The van der Waals surface area contributed by atoms with Crippen molar-refractivity contribution in [3.8, 4) is 0 Å². The van der Waals surface area contributed by atoms with E-state index in [1.165, 1.54) is 0 Å². The Hall–Kier alpha value is -0.140. The summed E-state index contributed by atoms with van der Waals surface area (Å²) >= 11 is 5.59. The van der Waals surface area contributed by atoms with Crippen LogP contribution >= 0.6 is 38.5 Å². The van der Waals surface area contributed by atoms with Crippen molar-refractivity contribution in [2.24, 2.45) is 0 Å². The number of nitrogens with one attached hydrogen (secondary N) is 1. The zero-order chi connectivity index (χ0) is 11.3. The van der Waals surface area contributed by atoms with Crippen LogP contribution in [0.1, 0.15) is 6.92 Å². The van der Waals surface area contributed by atoms with Gasteiger partial charge < -0.3 is 10.1 Å². The van der Waals surface area contributed by atoms with Crippen molar-refractivity contribution in [1.82, 2.24) is 0 Å². The van der Waals surface area contributed by atoms with Gasteiger partial charge in [0.15, 0.2) is 0 Å². The molecule has 5 heteroatoms. The molecule has 0 aliphatic carbocycles. The summed E-state index contributed by atoms with van der Waals surface area (Å²) in [6.07, 6.45) is 0. The Morgan fingerprint density at radius 1 is 1.60 bits per heavy atom. The molecule has 1 amide bonds. The molecule has 0 aliphatic rings. The van der Waals surface area contributed by atoms with Crippen LogP contribution < -0.4 is 5.32 Å². The lowest BCUT2D eigenvalue weighted by molar-refractivity contribution is -0.120. The van der Waals surface area contributed by atoms with E-state index in [-0.39, 0.29) is 12.5 Å². The average molecular weight is 384 g/mol. The number of ether oxygens (including phenoxy) is 1. The van der Waals surface area contributed by atoms with E-state index in [0.29, 0.717) is 6.61 Å². The molecule has 0 saturated heterocycles. The summed E-state index contributed by atoms with van der Waals surface area (Å²) in [7, 11) is 0. The molecule has 0 heterocycles. The van der Waals surface area contributed by atoms with E-state index < -0.39 is 0 Å². The topological polar surface area (TPSA) is 38.3 Å². The molecule has 0 radical (unpaired) electrons. The number of anilines is 1. The summed E-state index contributed by atoms with van der Waals surface area (Å²) in [6.45, 7) is 2.49. The van der Waals surface area contributed by atoms with Gasteiger partial charge in [0.05, 0.1) is 5.69 Å². The van der Waals surface area contributed by atoms with Crippen LogP contribution in [0.3, 0.4) is 0 Å². The van der Waals surface area contributed by atoms with E-state index in [0.717, 1.165) is 13.7 Å². The molecule has 1 aromatic rings. The van der Waals surface area contributed by atoms with Gasteiger partial charge in [0.25, 0.3) is 0 Å². The molecular formula is C10H11BrINO2. The fourth-order valence-corrected chi connectivity index (χ4v) is 2.37. The molecule has 0 saturated carbocycles. The summed E-state index contributed by atoms with van der Waals surface area (Å²) in [6, 6.07) is 5.73. The standard InChI is InChI=1S/C10H11BrINO2/c1-2-15-6-10(14)13-9-4-3-7(12)5-8(9)11/h3-5H,2,6H2,1H3,(H,13,14). The summed E-state index contributed by atoms with van der Waals surface area (Å²) < 4.78 is 6.99. The molecule has 0 unspecified atom stereocenters. The molecule has 0 aliphatic heterocycles. The van der Waals surface area contributed by atoms with Crippen LogP contribution in [0.2, 0.25) is 0 Å². The van der Waals surface area contributed by atoms with Crippen molar-refractivity contribution in [3.05, 3.63) is 26.2 Å². The van der Waals surface area contributed by atoms with Crippen molar-refractivity contribution in [3.63, 3.8) is 0 Å². The van der Waals surface area contributed by atoms with E-state index in [9.17, 15) is 4.79 Å². The van der Waals surface area contributed by atoms with Crippen LogP contribution in [-0.2, 0) is 9.53 Å². The normalized spacial score (nSPS) is 10.1. The van der Waals surface area contributed by atoms with Crippen molar-refractivity contribution in [1.29, 1.82) is 0 Å². The summed E-state index contributed by atoms with van der Waals surface area (Å²) in [5.74, 6) is -0.140. The van der Waals surface area contributed by atoms with Gasteiger partial charge in [0.1, 0.15) is 6.61 Å². The number of benzene rings is 1. The maximum absolute atomic E-state index is 11.3. The third-order valence-electron chi connectivity index (χ3n) is 1.64. The number of halogens is 2. The Kier molecular flexibility index (Phi) is 5.55. The number of carbonyl (C=O) groups is 1. The maximum atomic E-state index is 11.3. The molecule has 0 spiro atoms. The largest absolute Gasteiger partial charge is 0.372 e. The van der Waals surface area contributed by atoms with E-state index in [2.05, 4.69) is 43.8 Å². The number of hydrogen-bond donors (Lipinski definition) is 1. The van der Waals surface area contributed by atoms with Gasteiger partial charge in [-0.25, -0.2) is 0 Å². The monoisotopic (exact) mass is 383 g/mol. The molecule has 1 aromatic carbocycles. The molecule has 3 nitrogen and oxygen atoms in total. The Bertz CT molecular complexity index is 357. The zero-order valence-electron chi connectivity index (χ0n) is 8.22. The number of rotatable bonds is 4. The molecular weight excluding hydrogens is 373 g/mol. The molecule has 0 atom stereocenters. The summed E-state index contributed by atoms with van der Waals surface area (Å²) in [5, 5.41) is 2.76. The van der Waals surface area contributed by atoms with Crippen molar-refractivity contribution in [2.75, 3.05) is 18.5 Å². The van der Waals surface area contributed by atoms with Crippen molar-refractivity contribution < 1.29 is 9.53 Å². The first kappa shape index (κ1) is 12.9. The highest BCUT2D eigenvalue weighted by Crippen LogP contribution is 2.24. The van der Waals surface area contributed by atoms with E-state index >= 15 is 0 Å². The second-order valence-corrected chi connectivity index (χ2v) is 4.91. The van der Waals surface area contributed by atoms with Crippen LogP contribution in [0.25, 0.3) is 0 Å². The lowest BCUT2D eigenvalue weighted by Crippen LogP contribution is -2.18. The predicted octanol–water partition coefficient (Wildman–Crippen LogP) is 3.03. The lowest BCUT2D eigenvalue weighted by Gasteiger charge is -2.07. The number of amides is 1. The van der Waals surface area contributed by atoms with Crippen LogP contribution in [0.4, 0.5) is 5.69 Å². The Balaban J connectivity index is 2.60. The van der Waals surface area contributed by atoms with Crippen LogP contribution in [0.15, 0.2) is 22.7 Å². The summed E-state index contributed by atoms with van der Waals surface area (Å²) in [5.41, 5.74) is 0.764. The second-order valence-electron chi connectivity index (χ2n) is 2.81. The molecule has 0 aromatic heterocycles. The number of hydrogen-bond acceptors (Lipinski definition) is 2. The van der Waals surface area contributed by atoms with E-state index in [1.807, 2.05) is 25.1 Å². The minimum atomic E-state index is -0.140. The minimum absolute atomic E-state index is 0.0922. The lowest BCUT2D eigenvalue weighted by atomic mass is 10.3. The molecule has 82 valence electrons. The van der Waals surface area contributed by atoms with Gasteiger partial charge in [-0.1, -0.05) is 0 Å². The smallest absolute Gasteiger partial charge is 0.250 e. The first-order chi connectivity index (χ1) is 7.13.